The van der Waals surface area contributed by atoms with Gasteiger partial charge in [0.1, 0.15) is 0 Å². The smallest absolute Gasteiger partial charge is 0.262 e. The number of amides is 2. The van der Waals surface area contributed by atoms with Crippen molar-refractivity contribution in [3.05, 3.63) is 119 Å². The fourth-order valence-corrected chi connectivity index (χ4v) is 7.88. The van der Waals surface area contributed by atoms with E-state index in [1.165, 1.54) is 10.5 Å². The zero-order chi connectivity index (χ0) is 31.4. The third kappa shape index (κ3) is 3.86. The van der Waals surface area contributed by atoms with Gasteiger partial charge in [-0.05, 0) is 61.4 Å². The van der Waals surface area contributed by atoms with Crippen LogP contribution in [0.3, 0.4) is 0 Å². The van der Waals surface area contributed by atoms with E-state index in [1.54, 1.807) is 31.2 Å². The molecule has 2 amide bonds. The van der Waals surface area contributed by atoms with Crippen LogP contribution < -0.4 is 0 Å². The summed E-state index contributed by atoms with van der Waals surface area (Å²) in [5.41, 5.74) is 7.30. The number of carbonyl (C=O) groups excluding carboxylic acids is 2. The van der Waals surface area contributed by atoms with Gasteiger partial charge in [-0.25, -0.2) is 9.97 Å². The fraction of sp³-hybridized carbons (Fsp3) is 0.237. The molecule has 8 heteroatoms. The molecule has 2 saturated carbocycles. The molecule has 9 rings (SSSR count). The average molecular weight is 606 g/mol. The van der Waals surface area contributed by atoms with Gasteiger partial charge in [0, 0.05) is 41.6 Å². The number of fused-ring (bicyclic) bond motifs is 4. The lowest BCUT2D eigenvalue weighted by molar-refractivity contribution is -0.118. The van der Waals surface area contributed by atoms with Gasteiger partial charge in [-0.15, -0.1) is 0 Å². The average Bonchev–Trinajstić information content (AvgIpc) is 3.77. The van der Waals surface area contributed by atoms with Crippen LogP contribution in [-0.4, -0.2) is 47.0 Å². The minimum atomic E-state index is -0.991. The largest absolute Gasteiger partial charge is 0.390 e. The number of aromatic nitrogens is 4. The van der Waals surface area contributed by atoms with Crippen molar-refractivity contribution in [2.75, 3.05) is 0 Å². The Hall–Kier alpha value is -5.21. The van der Waals surface area contributed by atoms with Crippen LogP contribution in [-0.2, 0) is 5.54 Å². The number of nitrogens with zero attached hydrogens (tertiary/aromatic N) is 5. The van der Waals surface area contributed by atoms with E-state index in [9.17, 15) is 14.7 Å². The van der Waals surface area contributed by atoms with Gasteiger partial charge in [0.05, 0.1) is 33.7 Å². The second kappa shape index (κ2) is 9.40. The minimum absolute atomic E-state index is 0.268. The summed E-state index contributed by atoms with van der Waals surface area (Å²) < 4.78 is 1.84. The highest BCUT2D eigenvalue weighted by molar-refractivity contribution is 6.22. The van der Waals surface area contributed by atoms with Crippen molar-refractivity contribution in [2.24, 2.45) is 0 Å². The number of imide groups is 1. The molecule has 2 aliphatic carbocycles. The zero-order valence-corrected chi connectivity index (χ0v) is 25.6. The predicted molar refractivity (Wildman–Crippen MR) is 174 cm³/mol. The van der Waals surface area contributed by atoms with E-state index in [4.69, 9.17) is 15.1 Å². The molecule has 1 N–H and O–H groups in total. The zero-order valence-electron chi connectivity index (χ0n) is 25.6. The Bertz CT molecular complexity index is 2210. The molecule has 2 fully saturated rings. The molecule has 0 unspecified atom stereocenters. The summed E-state index contributed by atoms with van der Waals surface area (Å²) in [5.74, 6) is -0.225. The van der Waals surface area contributed by atoms with E-state index in [1.807, 2.05) is 54.0 Å². The second-order valence-corrected chi connectivity index (χ2v) is 13.4. The van der Waals surface area contributed by atoms with Gasteiger partial charge >= 0.3 is 0 Å². The third-order valence-electron chi connectivity index (χ3n) is 9.91. The van der Waals surface area contributed by atoms with E-state index < -0.39 is 11.1 Å². The number of benzene rings is 3. The molecule has 3 aliphatic rings. The number of carbonyl (C=O) groups is 2. The number of aryl methyl sites for hydroxylation is 1. The summed E-state index contributed by atoms with van der Waals surface area (Å²) in [6.07, 6.45) is 4.69. The van der Waals surface area contributed by atoms with Crippen LogP contribution in [0.2, 0.25) is 0 Å². The Kier molecular flexibility index (Phi) is 5.55. The van der Waals surface area contributed by atoms with Crippen LogP contribution in [0, 0.1) is 6.92 Å². The SMILES string of the molecule is Cc1cc2ncc3c(C4CC4)c(-c4ccccc4)c(-c4ccc([C@]5(N6C(=O)c7ccccc7C6=O)C[C@](C)(O)C5)cc4)nc3n2n1. The van der Waals surface area contributed by atoms with E-state index in [0.717, 1.165) is 63.2 Å². The quantitative estimate of drug-likeness (QED) is 0.216. The first-order valence-corrected chi connectivity index (χ1v) is 15.8. The number of rotatable bonds is 5. The van der Waals surface area contributed by atoms with Crippen LogP contribution in [0.4, 0.5) is 0 Å². The summed E-state index contributed by atoms with van der Waals surface area (Å²) in [6, 6.07) is 27.3. The summed E-state index contributed by atoms with van der Waals surface area (Å²) in [7, 11) is 0. The van der Waals surface area contributed by atoms with Crippen molar-refractivity contribution in [1.29, 1.82) is 0 Å². The molecule has 3 aromatic carbocycles. The van der Waals surface area contributed by atoms with Gasteiger partial charge in [-0.1, -0.05) is 66.7 Å². The summed E-state index contributed by atoms with van der Waals surface area (Å²) in [5, 5.41) is 16.7. The second-order valence-electron chi connectivity index (χ2n) is 13.4. The Balaban J connectivity index is 1.23. The molecule has 46 heavy (non-hydrogen) atoms. The lowest BCUT2D eigenvalue weighted by Crippen LogP contribution is -2.63. The van der Waals surface area contributed by atoms with Crippen molar-refractivity contribution < 1.29 is 14.7 Å². The first kappa shape index (κ1) is 27.1. The van der Waals surface area contributed by atoms with Crippen molar-refractivity contribution in [1.82, 2.24) is 24.5 Å². The molecule has 226 valence electrons. The van der Waals surface area contributed by atoms with Crippen LogP contribution in [0.5, 0.6) is 0 Å². The molecule has 3 aromatic heterocycles. The van der Waals surface area contributed by atoms with Crippen LogP contribution in [0.15, 0.2) is 91.1 Å². The van der Waals surface area contributed by atoms with Gasteiger partial charge < -0.3 is 5.11 Å². The van der Waals surface area contributed by atoms with Gasteiger partial charge in [0.15, 0.2) is 11.3 Å². The molecule has 6 aromatic rings. The summed E-state index contributed by atoms with van der Waals surface area (Å²) in [6.45, 7) is 3.72. The molecule has 4 heterocycles. The molecule has 0 saturated heterocycles. The van der Waals surface area contributed by atoms with Crippen molar-refractivity contribution in [3.8, 4) is 22.4 Å². The third-order valence-corrected chi connectivity index (χ3v) is 9.91. The van der Waals surface area contributed by atoms with Gasteiger partial charge in [0.2, 0.25) is 0 Å². The normalized spacial score (nSPS) is 22.5. The molecule has 1 aliphatic heterocycles. The first-order valence-electron chi connectivity index (χ1n) is 15.8. The highest BCUT2D eigenvalue weighted by atomic mass is 16.3. The molecule has 8 nitrogen and oxygen atoms in total. The predicted octanol–water partition coefficient (Wildman–Crippen LogP) is 6.83. The van der Waals surface area contributed by atoms with Gasteiger partial charge in [0.25, 0.3) is 11.8 Å². The van der Waals surface area contributed by atoms with E-state index in [0.29, 0.717) is 17.0 Å². The number of pyridine rings is 1. The van der Waals surface area contributed by atoms with Crippen LogP contribution in [0.1, 0.15) is 76.1 Å². The molecule has 0 radical (unpaired) electrons. The minimum Gasteiger partial charge on any atom is -0.390 e. The van der Waals surface area contributed by atoms with Crippen LogP contribution in [0.25, 0.3) is 39.1 Å². The van der Waals surface area contributed by atoms with E-state index in [-0.39, 0.29) is 24.7 Å². The number of aliphatic hydroxyl groups is 1. The van der Waals surface area contributed by atoms with Crippen molar-refractivity contribution in [3.63, 3.8) is 0 Å². The Labute approximate surface area is 265 Å². The molecule has 0 atom stereocenters. The monoisotopic (exact) mass is 605 g/mol. The highest BCUT2D eigenvalue weighted by Gasteiger charge is 2.60. The Morgan fingerprint density at radius 3 is 2.13 bits per heavy atom. The molecular formula is C38H31N5O3. The first-order chi connectivity index (χ1) is 22.2. The summed E-state index contributed by atoms with van der Waals surface area (Å²) in [4.78, 5) is 38.8. The van der Waals surface area contributed by atoms with Crippen LogP contribution >= 0.6 is 0 Å². The maximum atomic E-state index is 13.7. The fourth-order valence-electron chi connectivity index (χ4n) is 7.88. The lowest BCUT2D eigenvalue weighted by atomic mass is 9.61. The highest BCUT2D eigenvalue weighted by Crippen LogP contribution is 2.55. The summed E-state index contributed by atoms with van der Waals surface area (Å²) >= 11 is 0. The lowest BCUT2D eigenvalue weighted by Gasteiger charge is -2.55. The van der Waals surface area contributed by atoms with Crippen molar-refractivity contribution in [2.45, 2.75) is 56.6 Å². The standard InChI is InChI=1S/C38H31N5O3/c1-22-18-30-39-19-29-31(24-12-13-24)32(23-8-4-3-5-9-23)33(40-34(29)43(30)41-22)25-14-16-26(17-15-25)38(20-37(2,46)21-38)42-35(44)27-10-6-7-11-28(27)36(42)45/h3-11,14-19,24,46H,12-13,20-21H2,1-2H3/t37-,38-. The Morgan fingerprint density at radius 1 is 0.848 bits per heavy atom. The Morgan fingerprint density at radius 2 is 1.50 bits per heavy atom. The van der Waals surface area contributed by atoms with Crippen molar-refractivity contribution >= 4 is 28.5 Å². The number of hydrogen-bond acceptors (Lipinski definition) is 6. The van der Waals surface area contributed by atoms with E-state index in [2.05, 4.69) is 24.3 Å². The molecule has 0 spiro atoms. The maximum absolute atomic E-state index is 13.7. The number of hydrogen-bond donors (Lipinski definition) is 1. The van der Waals surface area contributed by atoms with E-state index >= 15 is 0 Å². The van der Waals surface area contributed by atoms with Gasteiger partial charge in [-0.3, -0.25) is 14.5 Å². The van der Waals surface area contributed by atoms with Gasteiger partial charge in [-0.2, -0.15) is 9.61 Å². The molecule has 0 bridgehead atoms. The molecular weight excluding hydrogens is 574 g/mol. The maximum Gasteiger partial charge on any atom is 0.262 e. The topological polar surface area (TPSA) is 101 Å².